The van der Waals surface area contributed by atoms with Gasteiger partial charge in [0.1, 0.15) is 11.5 Å². The van der Waals surface area contributed by atoms with E-state index in [-0.39, 0.29) is 11.6 Å². The largest absolute Gasteiger partial charge is 0.385 e. The lowest BCUT2D eigenvalue weighted by molar-refractivity contribution is 0.102. The van der Waals surface area contributed by atoms with E-state index < -0.39 is 0 Å². The summed E-state index contributed by atoms with van der Waals surface area (Å²) in [6, 6.07) is 7.32. The molecule has 2 rings (SSSR count). The molecule has 1 heterocycles. The quantitative estimate of drug-likeness (QED) is 0.738. The van der Waals surface area contributed by atoms with Gasteiger partial charge in [0.05, 0.1) is 12.4 Å². The van der Waals surface area contributed by atoms with Crippen molar-refractivity contribution in [1.82, 2.24) is 9.97 Å². The van der Waals surface area contributed by atoms with E-state index in [2.05, 4.69) is 36.5 Å². The normalized spacial score (nSPS) is 10.3. The van der Waals surface area contributed by atoms with Gasteiger partial charge in [-0.3, -0.25) is 4.79 Å². The van der Waals surface area contributed by atoms with E-state index >= 15 is 0 Å². The highest BCUT2D eigenvalue weighted by Crippen LogP contribution is 2.14. The molecule has 0 aliphatic heterocycles. The van der Waals surface area contributed by atoms with E-state index in [4.69, 9.17) is 4.74 Å². The number of hydrogen-bond donors (Lipinski definition) is 2. The van der Waals surface area contributed by atoms with Crippen molar-refractivity contribution in [2.45, 2.75) is 6.42 Å². The van der Waals surface area contributed by atoms with Crippen LogP contribution in [0.5, 0.6) is 0 Å². The molecule has 0 atom stereocenters. The molecule has 0 fully saturated rings. The molecule has 22 heavy (non-hydrogen) atoms. The fourth-order valence-corrected chi connectivity index (χ4v) is 1.96. The summed E-state index contributed by atoms with van der Waals surface area (Å²) in [7, 11) is 1.67. The van der Waals surface area contributed by atoms with Gasteiger partial charge in [-0.25, -0.2) is 9.97 Å². The Hall–Kier alpha value is -1.99. The van der Waals surface area contributed by atoms with Crippen LogP contribution in [0, 0.1) is 0 Å². The minimum Gasteiger partial charge on any atom is -0.385 e. The number of amides is 1. The van der Waals surface area contributed by atoms with Crippen molar-refractivity contribution >= 4 is 33.3 Å². The molecule has 6 nitrogen and oxygen atoms in total. The number of methoxy groups -OCH3 is 1. The Labute approximate surface area is 137 Å². The Balaban J connectivity index is 1.89. The predicted octanol–water partition coefficient (Wildman–Crippen LogP) is 2.94. The van der Waals surface area contributed by atoms with Crippen molar-refractivity contribution < 1.29 is 9.53 Å². The summed E-state index contributed by atoms with van der Waals surface area (Å²) < 4.78 is 5.92. The Kier molecular flexibility index (Phi) is 6.29. The number of nitrogens with one attached hydrogen (secondary N) is 2. The van der Waals surface area contributed by atoms with Crippen LogP contribution in [-0.2, 0) is 4.74 Å². The second-order valence-corrected chi connectivity index (χ2v) is 5.44. The van der Waals surface area contributed by atoms with Crippen LogP contribution in [-0.4, -0.2) is 36.1 Å². The van der Waals surface area contributed by atoms with Crippen molar-refractivity contribution in [3.63, 3.8) is 0 Å². The maximum atomic E-state index is 12.0. The highest BCUT2D eigenvalue weighted by molar-refractivity contribution is 9.10. The lowest BCUT2D eigenvalue weighted by Crippen LogP contribution is -2.14. The van der Waals surface area contributed by atoms with Crippen molar-refractivity contribution in [3.05, 3.63) is 46.8 Å². The Morgan fingerprint density at radius 2 is 2.00 bits per heavy atom. The van der Waals surface area contributed by atoms with Crippen LogP contribution in [0.15, 0.2) is 41.1 Å². The third-order valence-corrected chi connectivity index (χ3v) is 3.35. The van der Waals surface area contributed by atoms with Gasteiger partial charge in [0.25, 0.3) is 5.91 Å². The van der Waals surface area contributed by atoms with Gasteiger partial charge in [0.2, 0.25) is 0 Å². The van der Waals surface area contributed by atoms with Crippen LogP contribution >= 0.6 is 15.9 Å². The molecule has 0 radical (unpaired) electrons. The zero-order valence-electron chi connectivity index (χ0n) is 12.2. The molecule has 0 saturated carbocycles. The van der Waals surface area contributed by atoms with Crippen LogP contribution in [0.25, 0.3) is 0 Å². The predicted molar refractivity (Wildman–Crippen MR) is 89.1 cm³/mol. The highest BCUT2D eigenvalue weighted by Gasteiger charge is 2.08. The first-order chi connectivity index (χ1) is 10.7. The molecular formula is C15H17BrN4O2. The smallest absolute Gasteiger partial charge is 0.275 e. The summed E-state index contributed by atoms with van der Waals surface area (Å²) in [5.74, 6) is 0.344. The van der Waals surface area contributed by atoms with Gasteiger partial charge in [-0.05, 0) is 30.7 Å². The van der Waals surface area contributed by atoms with Gasteiger partial charge in [0.15, 0.2) is 0 Å². The molecule has 1 aromatic carbocycles. The van der Waals surface area contributed by atoms with Crippen molar-refractivity contribution in [2.24, 2.45) is 0 Å². The summed E-state index contributed by atoms with van der Waals surface area (Å²) in [5, 5.41) is 5.88. The van der Waals surface area contributed by atoms with Gasteiger partial charge < -0.3 is 15.4 Å². The minimum absolute atomic E-state index is 0.269. The zero-order chi connectivity index (χ0) is 15.8. The van der Waals surface area contributed by atoms with E-state index in [1.807, 2.05) is 12.1 Å². The monoisotopic (exact) mass is 364 g/mol. The van der Waals surface area contributed by atoms with Crippen molar-refractivity contribution in [2.75, 3.05) is 30.9 Å². The van der Waals surface area contributed by atoms with Crippen LogP contribution in [0.2, 0.25) is 0 Å². The van der Waals surface area contributed by atoms with Gasteiger partial charge >= 0.3 is 0 Å². The minimum atomic E-state index is -0.291. The fourth-order valence-electron chi connectivity index (χ4n) is 1.70. The maximum Gasteiger partial charge on any atom is 0.275 e. The molecule has 0 aliphatic carbocycles. The third-order valence-electron chi connectivity index (χ3n) is 2.82. The highest BCUT2D eigenvalue weighted by atomic mass is 79.9. The first-order valence-corrected chi connectivity index (χ1v) is 7.60. The average Bonchev–Trinajstić information content (AvgIpc) is 2.54. The fraction of sp³-hybridized carbons (Fsp3) is 0.267. The number of rotatable bonds is 7. The molecule has 116 valence electrons. The molecule has 1 amide bonds. The van der Waals surface area contributed by atoms with E-state index in [0.717, 1.165) is 17.4 Å². The van der Waals surface area contributed by atoms with E-state index in [1.165, 1.54) is 6.20 Å². The Morgan fingerprint density at radius 3 is 2.64 bits per heavy atom. The van der Waals surface area contributed by atoms with Crippen LogP contribution < -0.4 is 10.6 Å². The third kappa shape index (κ3) is 5.09. The Bertz CT molecular complexity index is 602. The molecule has 2 N–H and O–H groups in total. The van der Waals surface area contributed by atoms with Crippen LogP contribution in [0.4, 0.5) is 11.5 Å². The van der Waals surface area contributed by atoms with Crippen LogP contribution in [0.3, 0.4) is 0 Å². The molecule has 7 heteroatoms. The molecule has 1 aromatic heterocycles. The number of benzene rings is 1. The number of anilines is 2. The summed E-state index contributed by atoms with van der Waals surface area (Å²) in [5.41, 5.74) is 0.974. The number of carbonyl (C=O) groups excluding carboxylic acids is 1. The molecule has 0 aliphatic rings. The number of carbonyl (C=O) groups is 1. The first-order valence-electron chi connectivity index (χ1n) is 6.81. The number of halogens is 1. The number of ether oxygens (including phenoxy) is 1. The average molecular weight is 365 g/mol. The Morgan fingerprint density at radius 1 is 1.23 bits per heavy atom. The lowest BCUT2D eigenvalue weighted by Gasteiger charge is -2.07. The van der Waals surface area contributed by atoms with Gasteiger partial charge in [-0.15, -0.1) is 0 Å². The maximum absolute atomic E-state index is 12.0. The molecule has 0 unspecified atom stereocenters. The molecular weight excluding hydrogens is 348 g/mol. The summed E-state index contributed by atoms with van der Waals surface area (Å²) >= 11 is 3.35. The van der Waals surface area contributed by atoms with Crippen molar-refractivity contribution in [3.8, 4) is 0 Å². The lowest BCUT2D eigenvalue weighted by atomic mass is 10.3. The number of aromatic nitrogens is 2. The summed E-state index contributed by atoms with van der Waals surface area (Å²) in [4.78, 5) is 20.3. The molecule has 0 spiro atoms. The van der Waals surface area contributed by atoms with Crippen molar-refractivity contribution in [1.29, 1.82) is 0 Å². The van der Waals surface area contributed by atoms with E-state index in [0.29, 0.717) is 18.1 Å². The van der Waals surface area contributed by atoms with Gasteiger partial charge in [0, 0.05) is 30.4 Å². The zero-order valence-corrected chi connectivity index (χ0v) is 13.8. The topological polar surface area (TPSA) is 76.1 Å². The molecule has 0 bridgehead atoms. The van der Waals surface area contributed by atoms with E-state index in [9.17, 15) is 4.79 Å². The number of nitrogens with zero attached hydrogens (tertiary/aromatic N) is 2. The van der Waals surface area contributed by atoms with E-state index in [1.54, 1.807) is 25.4 Å². The number of hydrogen-bond acceptors (Lipinski definition) is 5. The van der Waals surface area contributed by atoms with Gasteiger partial charge in [-0.1, -0.05) is 15.9 Å². The summed E-state index contributed by atoms with van der Waals surface area (Å²) in [6.07, 6.45) is 3.88. The molecule has 0 saturated heterocycles. The van der Waals surface area contributed by atoms with Gasteiger partial charge in [-0.2, -0.15) is 0 Å². The first kappa shape index (κ1) is 16.4. The summed E-state index contributed by atoms with van der Waals surface area (Å²) in [6.45, 7) is 1.43. The SMILES string of the molecule is COCCCNc1cnc(C(=O)Nc2ccc(Br)cc2)cn1. The molecule has 2 aromatic rings. The second kappa shape index (κ2) is 8.45. The van der Waals surface area contributed by atoms with Crippen LogP contribution in [0.1, 0.15) is 16.9 Å². The standard InChI is InChI=1S/C15H17BrN4O2/c1-22-8-2-7-17-14-10-18-13(9-19-14)15(21)20-12-5-3-11(16)4-6-12/h3-6,9-10H,2,7-8H2,1H3,(H,17,19)(H,20,21). The second-order valence-electron chi connectivity index (χ2n) is 4.52.